The molecule has 5 rings (SSSR count). The van der Waals surface area contributed by atoms with Gasteiger partial charge in [0.15, 0.2) is 0 Å². The minimum atomic E-state index is -0.535. The first-order valence-corrected chi connectivity index (χ1v) is 12.7. The van der Waals surface area contributed by atoms with Crippen molar-refractivity contribution in [2.24, 2.45) is 4.99 Å². The molecule has 1 unspecified atom stereocenters. The average Bonchev–Trinajstić information content (AvgIpc) is 3.23. The van der Waals surface area contributed by atoms with E-state index in [0.29, 0.717) is 5.56 Å². The molecule has 2 aliphatic heterocycles. The lowest BCUT2D eigenvalue weighted by atomic mass is 9.99. The summed E-state index contributed by atoms with van der Waals surface area (Å²) in [6, 6.07) is 23.3. The van der Waals surface area contributed by atoms with Crippen molar-refractivity contribution in [3.05, 3.63) is 95.1 Å². The van der Waals surface area contributed by atoms with Crippen LogP contribution in [0.3, 0.4) is 0 Å². The molecule has 2 aliphatic rings. The van der Waals surface area contributed by atoms with Crippen molar-refractivity contribution in [3.63, 3.8) is 0 Å². The van der Waals surface area contributed by atoms with E-state index in [4.69, 9.17) is 0 Å². The predicted molar refractivity (Wildman–Crippen MR) is 144 cm³/mol. The lowest BCUT2D eigenvalue weighted by Gasteiger charge is -2.26. The molecule has 184 valence electrons. The number of hydrogen-bond acceptors (Lipinski definition) is 4. The number of anilines is 1. The highest BCUT2D eigenvalue weighted by Gasteiger charge is 2.30. The van der Waals surface area contributed by atoms with Gasteiger partial charge in [0.2, 0.25) is 5.91 Å². The minimum absolute atomic E-state index is 0.123. The second kappa shape index (κ2) is 10.9. The van der Waals surface area contributed by atoms with Crippen LogP contribution in [0.15, 0.2) is 77.8 Å². The summed E-state index contributed by atoms with van der Waals surface area (Å²) in [5, 5.41) is 5.94. The fourth-order valence-corrected chi connectivity index (χ4v) is 4.90. The molecule has 3 aromatic carbocycles. The topological polar surface area (TPSA) is 73.8 Å². The van der Waals surface area contributed by atoms with Crippen LogP contribution in [0, 0.1) is 0 Å². The molecule has 3 aromatic rings. The van der Waals surface area contributed by atoms with Gasteiger partial charge in [-0.1, -0.05) is 48.9 Å². The van der Waals surface area contributed by atoms with Crippen molar-refractivity contribution in [1.29, 1.82) is 0 Å². The number of fused-ring (bicyclic) bond motifs is 1. The van der Waals surface area contributed by atoms with Gasteiger partial charge in [-0.05, 0) is 79.9 Å². The average molecular weight is 481 g/mol. The van der Waals surface area contributed by atoms with Gasteiger partial charge in [0.1, 0.15) is 5.92 Å². The lowest BCUT2D eigenvalue weighted by molar-refractivity contribution is -0.115. The Bertz CT molecular complexity index is 1250. The van der Waals surface area contributed by atoms with Crippen LogP contribution in [0.25, 0.3) is 0 Å². The molecule has 0 bridgehead atoms. The number of benzene rings is 3. The van der Waals surface area contributed by atoms with Gasteiger partial charge in [-0.2, -0.15) is 0 Å². The van der Waals surface area contributed by atoms with Crippen LogP contribution in [-0.2, 0) is 11.3 Å². The van der Waals surface area contributed by atoms with E-state index in [1.165, 1.54) is 37.9 Å². The summed E-state index contributed by atoms with van der Waals surface area (Å²) < 4.78 is 0. The Kier molecular flexibility index (Phi) is 7.23. The first-order valence-electron chi connectivity index (χ1n) is 12.7. The molecule has 1 fully saturated rings. The van der Waals surface area contributed by atoms with E-state index < -0.39 is 5.92 Å². The molecular formula is C30H32N4O2. The van der Waals surface area contributed by atoms with Crippen molar-refractivity contribution in [2.75, 3.05) is 18.4 Å². The number of likely N-dealkylation sites (tertiary alicyclic amines) is 1. The van der Waals surface area contributed by atoms with Crippen LogP contribution in [0.1, 0.15) is 65.2 Å². The first-order chi connectivity index (χ1) is 17.6. The second-order valence-corrected chi connectivity index (χ2v) is 9.66. The molecule has 6 heteroatoms. The molecule has 2 amide bonds. The molecule has 0 saturated carbocycles. The van der Waals surface area contributed by atoms with Crippen molar-refractivity contribution in [2.45, 2.75) is 44.7 Å². The number of piperidine rings is 1. The molecule has 36 heavy (non-hydrogen) atoms. The van der Waals surface area contributed by atoms with E-state index >= 15 is 0 Å². The summed E-state index contributed by atoms with van der Waals surface area (Å²) in [5.74, 6) is -0.841. The molecule has 0 radical (unpaired) electrons. The van der Waals surface area contributed by atoms with Crippen LogP contribution in [0.2, 0.25) is 0 Å². The van der Waals surface area contributed by atoms with Gasteiger partial charge in [0.25, 0.3) is 5.91 Å². The lowest BCUT2D eigenvalue weighted by Crippen LogP contribution is -2.28. The quantitative estimate of drug-likeness (QED) is 0.432. The van der Waals surface area contributed by atoms with Crippen LogP contribution in [0.4, 0.5) is 11.4 Å². The number of hydrogen-bond donors (Lipinski definition) is 2. The van der Waals surface area contributed by atoms with E-state index in [-0.39, 0.29) is 17.9 Å². The van der Waals surface area contributed by atoms with Crippen LogP contribution in [-0.4, -0.2) is 36.0 Å². The summed E-state index contributed by atoms with van der Waals surface area (Å²) >= 11 is 0. The van der Waals surface area contributed by atoms with E-state index in [9.17, 15) is 9.59 Å². The zero-order chi connectivity index (χ0) is 24.9. The number of aliphatic imine (C=N–C) groups is 1. The van der Waals surface area contributed by atoms with E-state index in [0.717, 1.165) is 29.0 Å². The molecule has 2 N–H and O–H groups in total. The largest absolute Gasteiger partial charge is 0.346 e. The monoisotopic (exact) mass is 480 g/mol. The summed E-state index contributed by atoms with van der Waals surface area (Å²) in [6.07, 6.45) is 5.57. The smallest absolute Gasteiger partial charge is 0.251 e. The Hall–Kier alpha value is -3.77. The number of amides is 2. The number of carbonyl (C=O) groups is 2. The van der Waals surface area contributed by atoms with Crippen molar-refractivity contribution in [3.8, 4) is 0 Å². The fraction of sp³-hybridized carbons (Fsp3) is 0.300. The number of nitrogens with one attached hydrogen (secondary N) is 2. The Balaban J connectivity index is 1.26. The highest BCUT2D eigenvalue weighted by Crippen LogP contribution is 2.33. The van der Waals surface area contributed by atoms with Gasteiger partial charge < -0.3 is 10.6 Å². The highest BCUT2D eigenvalue weighted by molar-refractivity contribution is 6.13. The first kappa shape index (κ1) is 23.9. The zero-order valence-corrected chi connectivity index (χ0v) is 20.6. The number of carbonyl (C=O) groups excluding carboxylic acids is 2. The van der Waals surface area contributed by atoms with Crippen molar-refractivity contribution in [1.82, 2.24) is 10.2 Å². The Labute approximate surface area is 212 Å². The molecule has 6 nitrogen and oxygen atoms in total. The van der Waals surface area contributed by atoms with Gasteiger partial charge in [-0.25, -0.2) is 0 Å². The molecule has 0 spiro atoms. The molecule has 0 aromatic heterocycles. The van der Waals surface area contributed by atoms with E-state index in [1.54, 1.807) is 24.4 Å². The van der Waals surface area contributed by atoms with E-state index in [1.807, 2.05) is 49.4 Å². The van der Waals surface area contributed by atoms with Gasteiger partial charge in [-0.15, -0.1) is 0 Å². The van der Waals surface area contributed by atoms with Gasteiger partial charge in [0, 0.05) is 24.0 Å². The summed E-state index contributed by atoms with van der Waals surface area (Å²) in [7, 11) is 0. The third-order valence-electron chi connectivity index (χ3n) is 7.00. The number of nitrogens with zero attached hydrogens (tertiary/aromatic N) is 2. The SMILES string of the molecule is C[C@@H](NC(=O)c1ccc2c(c1)C(C=Nc1ccc(CN3CCCCC3)cc1)C(=O)N2)c1ccccc1. The molecular weight excluding hydrogens is 448 g/mol. The highest BCUT2D eigenvalue weighted by atomic mass is 16.2. The predicted octanol–water partition coefficient (Wildman–Crippen LogP) is 5.60. The maximum atomic E-state index is 12.9. The summed E-state index contributed by atoms with van der Waals surface area (Å²) in [5.41, 5.74) is 5.14. The standard InChI is InChI=1S/C30H32N4O2/c1-21(23-8-4-2-5-9-23)32-29(35)24-12-15-28-26(18-24)27(30(36)33-28)19-31-25-13-10-22(11-14-25)20-34-16-6-3-7-17-34/h2,4-5,8-15,18-19,21,27H,3,6-7,16-17,20H2,1H3,(H,32,35)(H,33,36)/t21-,27?/m1/s1. The molecule has 2 atom stereocenters. The fourth-order valence-electron chi connectivity index (χ4n) is 4.90. The van der Waals surface area contributed by atoms with Crippen molar-refractivity contribution < 1.29 is 9.59 Å². The van der Waals surface area contributed by atoms with Gasteiger partial charge in [0.05, 0.1) is 11.7 Å². The van der Waals surface area contributed by atoms with Crippen LogP contribution in [0.5, 0.6) is 0 Å². The molecule has 2 heterocycles. The number of rotatable bonds is 7. The van der Waals surface area contributed by atoms with Gasteiger partial charge in [-0.3, -0.25) is 19.5 Å². The molecule has 0 aliphatic carbocycles. The zero-order valence-electron chi connectivity index (χ0n) is 20.6. The summed E-state index contributed by atoms with van der Waals surface area (Å²) in [4.78, 5) is 32.7. The Morgan fingerprint density at radius 3 is 2.56 bits per heavy atom. The van der Waals surface area contributed by atoms with Gasteiger partial charge >= 0.3 is 0 Å². The Morgan fingerprint density at radius 1 is 1.06 bits per heavy atom. The Morgan fingerprint density at radius 2 is 1.81 bits per heavy atom. The summed E-state index contributed by atoms with van der Waals surface area (Å²) in [6.45, 7) is 5.26. The maximum absolute atomic E-state index is 12.9. The van der Waals surface area contributed by atoms with Crippen molar-refractivity contribution >= 4 is 29.4 Å². The third-order valence-corrected chi connectivity index (χ3v) is 7.00. The second-order valence-electron chi connectivity index (χ2n) is 9.66. The minimum Gasteiger partial charge on any atom is -0.346 e. The van der Waals surface area contributed by atoms with E-state index in [2.05, 4.69) is 32.7 Å². The van der Waals surface area contributed by atoms with Crippen LogP contribution >= 0.6 is 0 Å². The maximum Gasteiger partial charge on any atom is 0.251 e. The van der Waals surface area contributed by atoms with Crippen LogP contribution < -0.4 is 10.6 Å². The normalized spacial score (nSPS) is 18.6. The molecule has 1 saturated heterocycles. The third kappa shape index (κ3) is 5.55.